The molecule has 0 aromatic carbocycles. The highest BCUT2D eigenvalue weighted by Crippen LogP contribution is 2.28. The Morgan fingerprint density at radius 3 is 2.52 bits per heavy atom. The first kappa shape index (κ1) is 15.4. The van der Waals surface area contributed by atoms with Crippen LogP contribution in [0.5, 0.6) is 0 Å². The maximum absolute atomic E-state index is 12.8. The number of aromatic amines is 1. The van der Waals surface area contributed by atoms with E-state index >= 15 is 0 Å². The molecule has 1 aromatic heterocycles. The number of carbonyl (C=O) groups is 2. The van der Waals surface area contributed by atoms with Gasteiger partial charge in [0.05, 0.1) is 5.69 Å². The molecular formula is C15H24N4O2. The third-order valence-electron chi connectivity index (χ3n) is 3.97. The van der Waals surface area contributed by atoms with Gasteiger partial charge in [-0.2, -0.15) is 0 Å². The Labute approximate surface area is 125 Å². The Hall–Kier alpha value is -1.98. The van der Waals surface area contributed by atoms with Crippen LogP contribution < -0.4 is 11.1 Å². The van der Waals surface area contributed by atoms with Gasteiger partial charge in [0.25, 0.3) is 5.91 Å². The van der Waals surface area contributed by atoms with Gasteiger partial charge in [-0.3, -0.25) is 9.59 Å². The highest BCUT2D eigenvalue weighted by atomic mass is 16.2. The van der Waals surface area contributed by atoms with E-state index in [9.17, 15) is 9.59 Å². The summed E-state index contributed by atoms with van der Waals surface area (Å²) in [7, 11) is 0. The number of nitrogens with zero attached hydrogens (tertiary/aromatic N) is 1. The van der Waals surface area contributed by atoms with Gasteiger partial charge in [-0.25, -0.2) is 0 Å². The summed E-state index contributed by atoms with van der Waals surface area (Å²) >= 11 is 0. The highest BCUT2D eigenvalue weighted by Gasteiger charge is 2.41. The molecule has 0 spiro atoms. The molecule has 0 atom stereocenters. The quantitative estimate of drug-likeness (QED) is 0.727. The van der Waals surface area contributed by atoms with Gasteiger partial charge >= 0.3 is 0 Å². The third kappa shape index (κ3) is 2.62. The first-order valence-electron chi connectivity index (χ1n) is 7.14. The number of carbonyl (C=O) groups excluding carboxylic acids is 2. The minimum atomic E-state index is -0.880. The SMILES string of the molecule is CC(C)(C)c1cc(N)c(C(=O)N2CCNC(=O)C2(C)C)[nH]1. The summed E-state index contributed by atoms with van der Waals surface area (Å²) in [6.07, 6.45) is 0. The van der Waals surface area contributed by atoms with Crippen molar-refractivity contribution >= 4 is 17.5 Å². The van der Waals surface area contributed by atoms with Gasteiger partial charge in [-0.15, -0.1) is 0 Å². The standard InChI is InChI=1S/C15H24N4O2/c1-14(2,3)10-8-9(16)11(18-10)12(20)19-7-6-17-13(21)15(19,4)5/h8,18H,6-7,16H2,1-5H3,(H,17,21). The number of nitrogens with two attached hydrogens (primary N) is 1. The smallest absolute Gasteiger partial charge is 0.273 e. The summed E-state index contributed by atoms with van der Waals surface area (Å²) in [5.74, 6) is -0.383. The molecule has 0 saturated carbocycles. The van der Waals surface area contributed by atoms with Gasteiger partial charge in [0.1, 0.15) is 11.2 Å². The van der Waals surface area contributed by atoms with Crippen molar-refractivity contribution in [2.75, 3.05) is 18.8 Å². The van der Waals surface area contributed by atoms with Crippen LogP contribution in [0, 0.1) is 0 Å². The lowest BCUT2D eigenvalue weighted by atomic mass is 9.92. The molecule has 116 valence electrons. The van der Waals surface area contributed by atoms with Crippen molar-refractivity contribution in [2.24, 2.45) is 0 Å². The number of nitrogen functional groups attached to an aromatic ring is 1. The molecule has 1 aliphatic rings. The summed E-state index contributed by atoms with van der Waals surface area (Å²) in [5, 5.41) is 2.78. The minimum Gasteiger partial charge on any atom is -0.397 e. The topological polar surface area (TPSA) is 91.2 Å². The Morgan fingerprint density at radius 2 is 2.00 bits per heavy atom. The van der Waals surface area contributed by atoms with Crippen molar-refractivity contribution in [3.8, 4) is 0 Å². The van der Waals surface area contributed by atoms with Crippen LogP contribution in [0.1, 0.15) is 50.8 Å². The van der Waals surface area contributed by atoms with Crippen molar-refractivity contribution in [3.63, 3.8) is 0 Å². The van der Waals surface area contributed by atoms with Crippen molar-refractivity contribution in [1.82, 2.24) is 15.2 Å². The second-order valence-corrected chi connectivity index (χ2v) is 7.04. The highest BCUT2D eigenvalue weighted by molar-refractivity contribution is 6.01. The predicted octanol–water partition coefficient (Wildman–Crippen LogP) is 1.24. The number of nitrogens with one attached hydrogen (secondary N) is 2. The number of H-pyrrole nitrogens is 1. The summed E-state index contributed by atoms with van der Waals surface area (Å²) in [6.45, 7) is 10.6. The number of hydrogen-bond acceptors (Lipinski definition) is 3. The van der Waals surface area contributed by atoms with Gasteiger partial charge in [-0.05, 0) is 19.9 Å². The molecule has 2 rings (SSSR count). The monoisotopic (exact) mass is 292 g/mol. The van der Waals surface area contributed by atoms with Crippen molar-refractivity contribution in [1.29, 1.82) is 0 Å². The van der Waals surface area contributed by atoms with E-state index in [1.807, 2.05) is 20.8 Å². The normalized spacial score (nSPS) is 18.5. The predicted molar refractivity (Wildman–Crippen MR) is 82.0 cm³/mol. The number of anilines is 1. The van der Waals surface area contributed by atoms with E-state index in [0.29, 0.717) is 24.5 Å². The Balaban J connectivity index is 2.36. The van der Waals surface area contributed by atoms with Crippen LogP contribution in [0.25, 0.3) is 0 Å². The van der Waals surface area contributed by atoms with Gasteiger partial charge in [0.15, 0.2) is 0 Å². The largest absolute Gasteiger partial charge is 0.397 e. The van der Waals surface area contributed by atoms with Crippen molar-refractivity contribution < 1.29 is 9.59 Å². The second-order valence-electron chi connectivity index (χ2n) is 7.04. The molecule has 0 unspecified atom stereocenters. The number of aromatic nitrogens is 1. The fourth-order valence-corrected chi connectivity index (χ4v) is 2.44. The van der Waals surface area contributed by atoms with Crippen LogP contribution in [-0.2, 0) is 10.2 Å². The molecule has 1 aromatic rings. The lowest BCUT2D eigenvalue weighted by Crippen LogP contribution is -2.63. The molecule has 1 fully saturated rings. The van der Waals surface area contributed by atoms with E-state index in [4.69, 9.17) is 5.73 Å². The minimum absolute atomic E-state index is 0.124. The summed E-state index contributed by atoms with van der Waals surface area (Å²) < 4.78 is 0. The van der Waals surface area contributed by atoms with Crippen LogP contribution in [0.4, 0.5) is 5.69 Å². The zero-order valence-electron chi connectivity index (χ0n) is 13.3. The van der Waals surface area contributed by atoms with E-state index in [1.54, 1.807) is 24.8 Å². The van der Waals surface area contributed by atoms with Crippen molar-refractivity contribution in [2.45, 2.75) is 45.6 Å². The fraction of sp³-hybridized carbons (Fsp3) is 0.600. The summed E-state index contributed by atoms with van der Waals surface area (Å²) in [4.78, 5) is 29.4. The molecule has 0 bridgehead atoms. The molecular weight excluding hydrogens is 268 g/mol. The zero-order chi connectivity index (χ0) is 16.0. The molecule has 21 heavy (non-hydrogen) atoms. The fourth-order valence-electron chi connectivity index (χ4n) is 2.44. The number of rotatable bonds is 1. The molecule has 0 radical (unpaired) electrons. The van der Waals surface area contributed by atoms with Crippen molar-refractivity contribution in [3.05, 3.63) is 17.5 Å². The molecule has 1 saturated heterocycles. The van der Waals surface area contributed by atoms with Crippen LogP contribution >= 0.6 is 0 Å². The van der Waals surface area contributed by atoms with Crippen LogP contribution in [0.3, 0.4) is 0 Å². The van der Waals surface area contributed by atoms with E-state index < -0.39 is 5.54 Å². The van der Waals surface area contributed by atoms with Crippen LogP contribution in [-0.4, -0.2) is 40.3 Å². The summed E-state index contributed by atoms with van der Waals surface area (Å²) in [6, 6.07) is 1.80. The lowest BCUT2D eigenvalue weighted by Gasteiger charge is -2.41. The second kappa shape index (κ2) is 4.79. The molecule has 0 aliphatic carbocycles. The van der Waals surface area contributed by atoms with Gasteiger partial charge in [0.2, 0.25) is 5.91 Å². The van der Waals surface area contributed by atoms with Gasteiger partial charge in [0, 0.05) is 24.2 Å². The molecule has 2 heterocycles. The zero-order valence-corrected chi connectivity index (χ0v) is 13.3. The van der Waals surface area contributed by atoms with Gasteiger partial charge < -0.3 is 20.9 Å². The molecule has 6 heteroatoms. The molecule has 4 N–H and O–H groups in total. The average molecular weight is 292 g/mol. The first-order valence-corrected chi connectivity index (χ1v) is 7.14. The molecule has 6 nitrogen and oxygen atoms in total. The van der Waals surface area contributed by atoms with Crippen LogP contribution in [0.2, 0.25) is 0 Å². The number of amides is 2. The van der Waals surface area contributed by atoms with Crippen LogP contribution in [0.15, 0.2) is 6.07 Å². The maximum Gasteiger partial charge on any atom is 0.273 e. The third-order valence-corrected chi connectivity index (χ3v) is 3.97. The number of hydrogen-bond donors (Lipinski definition) is 3. The molecule has 2 amide bonds. The Kier molecular flexibility index (Phi) is 3.51. The van der Waals surface area contributed by atoms with Gasteiger partial charge in [-0.1, -0.05) is 20.8 Å². The average Bonchev–Trinajstić information content (AvgIpc) is 2.74. The maximum atomic E-state index is 12.8. The van der Waals surface area contributed by atoms with E-state index in [-0.39, 0.29) is 17.2 Å². The van der Waals surface area contributed by atoms with E-state index in [2.05, 4.69) is 10.3 Å². The Bertz CT molecular complexity index is 581. The Morgan fingerprint density at radius 1 is 1.38 bits per heavy atom. The van der Waals surface area contributed by atoms with E-state index in [1.165, 1.54) is 0 Å². The molecule has 1 aliphatic heterocycles. The summed E-state index contributed by atoms with van der Waals surface area (Å²) in [5.41, 5.74) is 6.68. The lowest BCUT2D eigenvalue weighted by molar-refractivity contribution is -0.133. The number of piperazine rings is 1. The van der Waals surface area contributed by atoms with E-state index in [0.717, 1.165) is 5.69 Å². The first-order chi connectivity index (χ1) is 9.55.